The molecule has 0 aliphatic carbocycles. The van der Waals surface area contributed by atoms with Crippen LogP contribution < -0.4 is 5.32 Å². The lowest BCUT2D eigenvalue weighted by Gasteiger charge is -2.32. The van der Waals surface area contributed by atoms with Gasteiger partial charge in [-0.05, 0) is 31.3 Å². The molecule has 1 aliphatic heterocycles. The van der Waals surface area contributed by atoms with E-state index in [0.29, 0.717) is 0 Å². The highest BCUT2D eigenvalue weighted by atomic mass is 16.4. The number of hydrogen-bond donors (Lipinski definition) is 2. The predicted octanol–water partition coefficient (Wildman–Crippen LogP) is 2.95. The highest BCUT2D eigenvalue weighted by Crippen LogP contribution is 2.45. The quantitative estimate of drug-likeness (QED) is 0.911. The van der Waals surface area contributed by atoms with Crippen LogP contribution in [0, 0.1) is 0 Å². The minimum Gasteiger partial charge on any atom is -0.480 e. The van der Waals surface area contributed by atoms with Crippen molar-refractivity contribution in [2.24, 2.45) is 0 Å². The van der Waals surface area contributed by atoms with Crippen LogP contribution in [-0.2, 0) is 4.79 Å². The van der Waals surface area contributed by atoms with Crippen LogP contribution in [0.1, 0.15) is 23.1 Å². The van der Waals surface area contributed by atoms with Crippen LogP contribution in [0.3, 0.4) is 0 Å². The Bertz CT molecular complexity index is 670. The number of anilines is 1. The first kappa shape index (κ1) is 14.6. The van der Waals surface area contributed by atoms with Crippen LogP contribution in [-0.4, -0.2) is 36.1 Å². The highest BCUT2D eigenvalue weighted by molar-refractivity contribution is 5.83. The summed E-state index contributed by atoms with van der Waals surface area (Å²) in [5, 5.41) is 12.8. The van der Waals surface area contributed by atoms with E-state index in [1.165, 1.54) is 0 Å². The first-order valence-electron chi connectivity index (χ1n) is 7.39. The number of aliphatic carboxylic acids is 1. The Morgan fingerprint density at radius 3 is 2.36 bits per heavy atom. The SMILES string of the molecule is CN(C)C(c1ccccc1)C1c2ccccc2NC1C(=O)O. The van der Waals surface area contributed by atoms with Crippen molar-refractivity contribution >= 4 is 11.7 Å². The summed E-state index contributed by atoms with van der Waals surface area (Å²) in [5.41, 5.74) is 3.11. The maximum atomic E-state index is 11.8. The van der Waals surface area contributed by atoms with Gasteiger partial charge in [-0.1, -0.05) is 48.5 Å². The molecule has 0 aromatic heterocycles. The lowest BCUT2D eigenvalue weighted by Crippen LogP contribution is -2.37. The fourth-order valence-corrected chi connectivity index (χ4v) is 3.40. The molecule has 3 atom stereocenters. The molecule has 0 spiro atoms. The normalized spacial score (nSPS) is 21.2. The minimum atomic E-state index is -0.816. The molecule has 3 rings (SSSR count). The van der Waals surface area contributed by atoms with E-state index >= 15 is 0 Å². The molecule has 114 valence electrons. The molecule has 1 aliphatic rings. The van der Waals surface area contributed by atoms with Crippen molar-refractivity contribution in [3.05, 3.63) is 65.7 Å². The van der Waals surface area contributed by atoms with E-state index in [2.05, 4.69) is 22.3 Å². The molecule has 3 unspecified atom stereocenters. The van der Waals surface area contributed by atoms with E-state index in [1.807, 2.05) is 56.6 Å². The van der Waals surface area contributed by atoms with E-state index < -0.39 is 12.0 Å². The monoisotopic (exact) mass is 296 g/mol. The van der Waals surface area contributed by atoms with Crippen molar-refractivity contribution in [1.29, 1.82) is 0 Å². The molecule has 0 saturated carbocycles. The van der Waals surface area contributed by atoms with E-state index in [9.17, 15) is 9.90 Å². The molecule has 0 saturated heterocycles. The molecular weight excluding hydrogens is 276 g/mol. The zero-order chi connectivity index (χ0) is 15.7. The van der Waals surface area contributed by atoms with Crippen molar-refractivity contribution in [1.82, 2.24) is 4.90 Å². The molecule has 1 heterocycles. The second-order valence-electron chi connectivity index (χ2n) is 5.89. The van der Waals surface area contributed by atoms with Crippen molar-refractivity contribution in [3.63, 3.8) is 0 Å². The van der Waals surface area contributed by atoms with Crippen LogP contribution >= 0.6 is 0 Å². The van der Waals surface area contributed by atoms with Crippen LogP contribution in [0.4, 0.5) is 5.69 Å². The number of benzene rings is 2. The van der Waals surface area contributed by atoms with Crippen molar-refractivity contribution in [2.45, 2.75) is 18.0 Å². The van der Waals surface area contributed by atoms with Crippen molar-refractivity contribution < 1.29 is 9.90 Å². The Kier molecular flexibility index (Phi) is 3.86. The maximum absolute atomic E-state index is 11.8. The predicted molar refractivity (Wildman–Crippen MR) is 87.1 cm³/mol. The number of hydrogen-bond acceptors (Lipinski definition) is 3. The third-order valence-electron chi connectivity index (χ3n) is 4.29. The van der Waals surface area contributed by atoms with Gasteiger partial charge in [0.25, 0.3) is 0 Å². The molecule has 0 bridgehead atoms. The average Bonchev–Trinajstić information content (AvgIpc) is 2.88. The van der Waals surface area contributed by atoms with Gasteiger partial charge in [-0.25, -0.2) is 4.79 Å². The van der Waals surface area contributed by atoms with Crippen molar-refractivity contribution in [2.75, 3.05) is 19.4 Å². The largest absolute Gasteiger partial charge is 0.480 e. The number of carboxylic acid groups (broad SMARTS) is 1. The summed E-state index contributed by atoms with van der Waals surface area (Å²) >= 11 is 0. The van der Waals surface area contributed by atoms with Gasteiger partial charge >= 0.3 is 5.97 Å². The second-order valence-corrected chi connectivity index (χ2v) is 5.89. The lowest BCUT2D eigenvalue weighted by atomic mass is 9.83. The summed E-state index contributed by atoms with van der Waals surface area (Å²) in [6.45, 7) is 0. The maximum Gasteiger partial charge on any atom is 0.326 e. The summed E-state index contributed by atoms with van der Waals surface area (Å²) in [4.78, 5) is 13.9. The zero-order valence-corrected chi connectivity index (χ0v) is 12.7. The highest BCUT2D eigenvalue weighted by Gasteiger charge is 2.42. The van der Waals surface area contributed by atoms with E-state index in [0.717, 1.165) is 16.8 Å². The number of rotatable bonds is 4. The summed E-state index contributed by atoms with van der Waals surface area (Å²) < 4.78 is 0. The number of carboxylic acids is 1. The fourth-order valence-electron chi connectivity index (χ4n) is 3.40. The van der Waals surface area contributed by atoms with E-state index in [-0.39, 0.29) is 12.0 Å². The van der Waals surface area contributed by atoms with Gasteiger partial charge in [-0.2, -0.15) is 0 Å². The van der Waals surface area contributed by atoms with Gasteiger partial charge in [-0.3, -0.25) is 0 Å². The number of nitrogens with zero attached hydrogens (tertiary/aromatic N) is 1. The topological polar surface area (TPSA) is 52.6 Å². The first-order valence-corrected chi connectivity index (χ1v) is 7.39. The first-order chi connectivity index (χ1) is 10.6. The van der Waals surface area contributed by atoms with Crippen LogP contribution in [0.25, 0.3) is 0 Å². The summed E-state index contributed by atoms with van der Waals surface area (Å²) in [7, 11) is 4.00. The number of fused-ring (bicyclic) bond motifs is 1. The van der Waals surface area contributed by atoms with Gasteiger partial charge in [0.1, 0.15) is 6.04 Å². The molecule has 2 N–H and O–H groups in total. The Balaban J connectivity index is 2.10. The minimum absolute atomic E-state index is 0.00144. The third kappa shape index (κ3) is 2.46. The fraction of sp³-hybridized carbons (Fsp3) is 0.278. The molecule has 2 aromatic rings. The second kappa shape index (κ2) is 5.81. The van der Waals surface area contributed by atoms with Gasteiger partial charge < -0.3 is 15.3 Å². The smallest absolute Gasteiger partial charge is 0.326 e. The average molecular weight is 296 g/mol. The molecule has 0 fully saturated rings. The molecular formula is C18H20N2O2. The Labute approximate surface area is 130 Å². The van der Waals surface area contributed by atoms with Gasteiger partial charge in [0, 0.05) is 17.6 Å². The number of likely N-dealkylation sites (N-methyl/N-ethyl adjacent to an activating group) is 1. The standard InChI is InChI=1S/C18H20N2O2/c1-20(2)17(12-8-4-3-5-9-12)15-13-10-6-7-11-14(13)19-16(15)18(21)22/h3-11,15-17,19H,1-2H3,(H,21,22). The van der Waals surface area contributed by atoms with Gasteiger partial charge in [0.05, 0.1) is 0 Å². The molecule has 4 nitrogen and oxygen atoms in total. The van der Waals surface area contributed by atoms with Crippen LogP contribution in [0.5, 0.6) is 0 Å². The zero-order valence-electron chi connectivity index (χ0n) is 12.7. The molecule has 4 heteroatoms. The molecule has 0 amide bonds. The third-order valence-corrected chi connectivity index (χ3v) is 4.29. The summed E-state index contributed by atoms with van der Waals surface area (Å²) in [6, 6.07) is 17.3. The molecule has 2 aromatic carbocycles. The van der Waals surface area contributed by atoms with Gasteiger partial charge in [0.2, 0.25) is 0 Å². The lowest BCUT2D eigenvalue weighted by molar-refractivity contribution is -0.138. The Morgan fingerprint density at radius 2 is 1.73 bits per heavy atom. The summed E-state index contributed by atoms with van der Waals surface area (Å²) in [6.07, 6.45) is 0. The van der Waals surface area contributed by atoms with Gasteiger partial charge in [-0.15, -0.1) is 0 Å². The number of carbonyl (C=O) groups is 1. The Hall–Kier alpha value is -2.33. The van der Waals surface area contributed by atoms with E-state index in [4.69, 9.17) is 0 Å². The van der Waals surface area contributed by atoms with Gasteiger partial charge in [0.15, 0.2) is 0 Å². The summed E-state index contributed by atoms with van der Waals surface area (Å²) in [5.74, 6) is -0.949. The molecule has 0 radical (unpaired) electrons. The van der Waals surface area contributed by atoms with E-state index in [1.54, 1.807) is 0 Å². The van der Waals surface area contributed by atoms with Crippen LogP contribution in [0.15, 0.2) is 54.6 Å². The Morgan fingerprint density at radius 1 is 1.09 bits per heavy atom. The molecule has 22 heavy (non-hydrogen) atoms. The van der Waals surface area contributed by atoms with Crippen molar-refractivity contribution in [3.8, 4) is 0 Å². The van der Waals surface area contributed by atoms with Crippen LogP contribution in [0.2, 0.25) is 0 Å². The number of para-hydroxylation sites is 1. The number of nitrogens with one attached hydrogen (secondary N) is 1.